The normalized spacial score (nSPS) is 13.6. The lowest BCUT2D eigenvalue weighted by Gasteiger charge is -2.16. The smallest absolute Gasteiger partial charge is 0.427 e. The maximum atomic E-state index is 12.2. The number of hydrogen-bond donors (Lipinski definition) is 1. The summed E-state index contributed by atoms with van der Waals surface area (Å²) in [6.07, 6.45) is 0. The van der Waals surface area contributed by atoms with Gasteiger partial charge in [-0.2, -0.15) is 0 Å². The minimum absolute atomic E-state index is 0.0491. The van der Waals surface area contributed by atoms with E-state index in [0.29, 0.717) is 11.5 Å². The van der Waals surface area contributed by atoms with Crippen molar-refractivity contribution in [2.45, 2.75) is 6.92 Å². The van der Waals surface area contributed by atoms with E-state index in [1.165, 1.54) is 18.8 Å². The average Bonchev–Trinajstić information content (AvgIpc) is 2.27. The molecular formula is C14H15O4P. The zero-order valence-electron chi connectivity index (χ0n) is 10.7. The van der Waals surface area contributed by atoms with Crippen LogP contribution in [0.5, 0.6) is 17.2 Å². The van der Waals surface area contributed by atoms with E-state index >= 15 is 0 Å². The number of benzene rings is 2. The molecule has 2 aromatic carbocycles. The van der Waals surface area contributed by atoms with Crippen LogP contribution in [-0.4, -0.2) is 11.8 Å². The van der Waals surface area contributed by atoms with Crippen molar-refractivity contribution in [3.05, 3.63) is 54.1 Å². The standard InChI is InChI=1S/C14H15O4P/c1-11-5-3-7-13(9-11)17-19(2,16)18-14-8-4-6-12(15)10-14/h3-10,15H,1-2H3. The molecule has 4 nitrogen and oxygen atoms in total. The zero-order chi connectivity index (χ0) is 13.9. The minimum Gasteiger partial charge on any atom is -0.508 e. The van der Waals surface area contributed by atoms with E-state index in [1.807, 2.05) is 19.1 Å². The van der Waals surface area contributed by atoms with Gasteiger partial charge in [0.25, 0.3) is 0 Å². The second-order valence-corrected chi connectivity index (χ2v) is 6.18. The molecule has 0 aliphatic carbocycles. The topological polar surface area (TPSA) is 55.8 Å². The highest BCUT2D eigenvalue weighted by Crippen LogP contribution is 2.45. The van der Waals surface area contributed by atoms with E-state index in [-0.39, 0.29) is 5.75 Å². The van der Waals surface area contributed by atoms with Crippen LogP contribution < -0.4 is 9.05 Å². The molecular weight excluding hydrogens is 263 g/mol. The molecule has 0 amide bonds. The molecule has 0 saturated heterocycles. The van der Waals surface area contributed by atoms with Crippen LogP contribution in [0.3, 0.4) is 0 Å². The Bertz CT molecular complexity index is 573. The third kappa shape index (κ3) is 4.04. The fourth-order valence-corrected chi connectivity index (χ4v) is 2.64. The second-order valence-electron chi connectivity index (χ2n) is 4.27. The highest BCUT2D eigenvalue weighted by atomic mass is 31.2. The number of phenolic OH excluding ortho intramolecular Hbond substituents is 1. The average molecular weight is 278 g/mol. The molecule has 0 aliphatic rings. The minimum atomic E-state index is -3.29. The van der Waals surface area contributed by atoms with E-state index in [4.69, 9.17) is 9.05 Å². The van der Waals surface area contributed by atoms with E-state index in [1.54, 1.807) is 24.3 Å². The molecule has 2 rings (SSSR count). The molecule has 0 aromatic heterocycles. The SMILES string of the molecule is Cc1cccc(OP(C)(=O)Oc2cccc(O)c2)c1. The molecule has 0 fully saturated rings. The first-order valence-electron chi connectivity index (χ1n) is 5.77. The van der Waals surface area contributed by atoms with Gasteiger partial charge in [-0.05, 0) is 36.8 Å². The first kappa shape index (κ1) is 13.5. The maximum Gasteiger partial charge on any atom is 0.427 e. The number of rotatable bonds is 4. The Morgan fingerprint density at radius 2 is 1.58 bits per heavy atom. The van der Waals surface area contributed by atoms with Crippen LogP contribution >= 0.6 is 7.60 Å². The molecule has 0 spiro atoms. The van der Waals surface area contributed by atoms with E-state index in [0.717, 1.165) is 5.56 Å². The highest BCUT2D eigenvalue weighted by molar-refractivity contribution is 7.53. The highest BCUT2D eigenvalue weighted by Gasteiger charge is 2.20. The van der Waals surface area contributed by atoms with Crippen LogP contribution in [-0.2, 0) is 4.57 Å². The van der Waals surface area contributed by atoms with Crippen molar-refractivity contribution < 1.29 is 18.7 Å². The summed E-state index contributed by atoms with van der Waals surface area (Å²) in [4.78, 5) is 0. The van der Waals surface area contributed by atoms with Crippen LogP contribution in [0.2, 0.25) is 0 Å². The third-order valence-electron chi connectivity index (χ3n) is 2.35. The van der Waals surface area contributed by atoms with Crippen LogP contribution in [0.15, 0.2) is 48.5 Å². The van der Waals surface area contributed by atoms with Crippen LogP contribution in [0.25, 0.3) is 0 Å². The van der Waals surface area contributed by atoms with Gasteiger partial charge in [0.1, 0.15) is 17.2 Å². The number of aryl methyl sites for hydroxylation is 1. The van der Waals surface area contributed by atoms with Crippen molar-refractivity contribution >= 4 is 7.60 Å². The summed E-state index contributed by atoms with van der Waals surface area (Å²) in [5, 5.41) is 9.33. The van der Waals surface area contributed by atoms with Gasteiger partial charge in [0, 0.05) is 6.07 Å². The summed E-state index contributed by atoms with van der Waals surface area (Å²) in [6, 6.07) is 13.3. The van der Waals surface area contributed by atoms with Gasteiger partial charge in [0.2, 0.25) is 0 Å². The van der Waals surface area contributed by atoms with Gasteiger partial charge in [-0.1, -0.05) is 18.2 Å². The molecule has 0 radical (unpaired) electrons. The number of hydrogen-bond acceptors (Lipinski definition) is 4. The fourth-order valence-electron chi connectivity index (χ4n) is 1.61. The zero-order valence-corrected chi connectivity index (χ0v) is 11.6. The summed E-state index contributed by atoms with van der Waals surface area (Å²) in [7, 11) is -3.29. The van der Waals surface area contributed by atoms with Gasteiger partial charge in [-0.15, -0.1) is 0 Å². The van der Waals surface area contributed by atoms with Crippen molar-refractivity contribution in [1.29, 1.82) is 0 Å². The summed E-state index contributed by atoms with van der Waals surface area (Å²) < 4.78 is 22.9. The molecule has 1 N–H and O–H groups in total. The number of aromatic hydroxyl groups is 1. The largest absolute Gasteiger partial charge is 0.508 e. The van der Waals surface area contributed by atoms with Crippen molar-refractivity contribution in [2.75, 3.05) is 6.66 Å². The van der Waals surface area contributed by atoms with Crippen molar-refractivity contribution in [1.82, 2.24) is 0 Å². The Morgan fingerprint density at radius 1 is 1.00 bits per heavy atom. The third-order valence-corrected chi connectivity index (χ3v) is 3.43. The Kier molecular flexibility index (Phi) is 3.82. The van der Waals surface area contributed by atoms with Gasteiger partial charge in [0.05, 0.1) is 6.66 Å². The predicted octanol–water partition coefficient (Wildman–Crippen LogP) is 3.98. The number of phenols is 1. The van der Waals surface area contributed by atoms with Crippen LogP contribution in [0.4, 0.5) is 0 Å². The first-order chi connectivity index (χ1) is 8.94. The molecule has 0 aliphatic heterocycles. The summed E-state index contributed by atoms with van der Waals surface area (Å²) in [5.74, 6) is 0.845. The van der Waals surface area contributed by atoms with Crippen molar-refractivity contribution in [3.63, 3.8) is 0 Å². The van der Waals surface area contributed by atoms with Crippen molar-refractivity contribution in [2.24, 2.45) is 0 Å². The Labute approximate surface area is 112 Å². The van der Waals surface area contributed by atoms with Crippen LogP contribution in [0, 0.1) is 6.92 Å². The fraction of sp³-hybridized carbons (Fsp3) is 0.143. The lowest BCUT2D eigenvalue weighted by molar-refractivity contribution is 0.392. The Balaban J connectivity index is 2.12. The Hall–Kier alpha value is -1.93. The molecule has 1 atom stereocenters. The monoisotopic (exact) mass is 278 g/mol. The lowest BCUT2D eigenvalue weighted by Crippen LogP contribution is -1.99. The maximum absolute atomic E-state index is 12.2. The van der Waals surface area contributed by atoms with Gasteiger partial charge in [-0.25, -0.2) is 4.57 Å². The van der Waals surface area contributed by atoms with Gasteiger partial charge < -0.3 is 14.2 Å². The molecule has 1 unspecified atom stereocenters. The summed E-state index contributed by atoms with van der Waals surface area (Å²) in [6.45, 7) is 3.31. The molecule has 5 heteroatoms. The van der Waals surface area contributed by atoms with Gasteiger partial charge in [0.15, 0.2) is 0 Å². The molecule has 100 valence electrons. The first-order valence-corrected chi connectivity index (χ1v) is 7.76. The van der Waals surface area contributed by atoms with Crippen LogP contribution in [0.1, 0.15) is 5.56 Å². The molecule has 19 heavy (non-hydrogen) atoms. The molecule has 2 aromatic rings. The molecule has 0 heterocycles. The summed E-state index contributed by atoms with van der Waals surface area (Å²) in [5.41, 5.74) is 1.01. The van der Waals surface area contributed by atoms with E-state index in [9.17, 15) is 9.67 Å². The van der Waals surface area contributed by atoms with Gasteiger partial charge >= 0.3 is 7.60 Å². The lowest BCUT2D eigenvalue weighted by atomic mass is 10.2. The van der Waals surface area contributed by atoms with Crippen molar-refractivity contribution in [3.8, 4) is 17.2 Å². The Morgan fingerprint density at radius 3 is 2.16 bits per heavy atom. The van der Waals surface area contributed by atoms with E-state index < -0.39 is 7.60 Å². The predicted molar refractivity (Wildman–Crippen MR) is 74.1 cm³/mol. The quantitative estimate of drug-likeness (QED) is 0.859. The molecule has 0 saturated carbocycles. The molecule has 0 bridgehead atoms. The van der Waals surface area contributed by atoms with E-state index in [2.05, 4.69) is 0 Å². The summed E-state index contributed by atoms with van der Waals surface area (Å²) >= 11 is 0. The second kappa shape index (κ2) is 5.37. The van der Waals surface area contributed by atoms with Gasteiger partial charge in [-0.3, -0.25) is 0 Å².